The van der Waals surface area contributed by atoms with Crippen LogP contribution in [0.5, 0.6) is 0 Å². The van der Waals surface area contributed by atoms with Crippen LogP contribution in [0.25, 0.3) is 5.69 Å². The van der Waals surface area contributed by atoms with Crippen molar-refractivity contribution in [1.29, 1.82) is 0 Å². The maximum Gasteiger partial charge on any atom is 0.271 e. The van der Waals surface area contributed by atoms with Crippen LogP contribution in [0, 0.1) is 13.8 Å². The van der Waals surface area contributed by atoms with E-state index in [1.165, 1.54) is 28.1 Å². The highest BCUT2D eigenvalue weighted by atomic mass is 32.2. The Bertz CT molecular complexity index is 1070. The summed E-state index contributed by atoms with van der Waals surface area (Å²) < 4.78 is 1.37. The maximum absolute atomic E-state index is 12.3. The van der Waals surface area contributed by atoms with Crippen LogP contribution >= 0.6 is 11.8 Å². The predicted octanol–water partition coefficient (Wildman–Crippen LogP) is 4.70. The molecule has 1 heterocycles. The van der Waals surface area contributed by atoms with Gasteiger partial charge in [0.25, 0.3) is 5.56 Å². The van der Waals surface area contributed by atoms with Crippen LogP contribution in [0.2, 0.25) is 0 Å². The van der Waals surface area contributed by atoms with Crippen LogP contribution in [0.3, 0.4) is 0 Å². The largest absolute Gasteiger partial charge is 0.325 e. The summed E-state index contributed by atoms with van der Waals surface area (Å²) in [5.41, 5.74) is 4.77. The van der Waals surface area contributed by atoms with Gasteiger partial charge in [0.2, 0.25) is 5.91 Å². The first-order valence-electron chi connectivity index (χ1n) is 9.54. The van der Waals surface area contributed by atoms with Crippen molar-refractivity contribution in [2.75, 3.05) is 11.1 Å². The van der Waals surface area contributed by atoms with E-state index in [-0.39, 0.29) is 17.2 Å². The van der Waals surface area contributed by atoms with E-state index in [1.54, 1.807) is 6.07 Å². The van der Waals surface area contributed by atoms with Gasteiger partial charge in [0.05, 0.1) is 11.4 Å². The summed E-state index contributed by atoms with van der Waals surface area (Å²) in [4.78, 5) is 24.5. The van der Waals surface area contributed by atoms with Gasteiger partial charge >= 0.3 is 0 Å². The van der Waals surface area contributed by atoms with Gasteiger partial charge in [0, 0.05) is 11.8 Å². The van der Waals surface area contributed by atoms with Crippen molar-refractivity contribution < 1.29 is 4.79 Å². The molecular weight excluding hydrogens is 382 g/mol. The van der Waals surface area contributed by atoms with Crippen LogP contribution in [0.15, 0.2) is 64.4 Å². The number of carbonyl (C=O) groups is 1. The number of nitrogens with zero attached hydrogens (tertiary/aromatic N) is 2. The van der Waals surface area contributed by atoms with E-state index in [0.717, 1.165) is 22.5 Å². The third-order valence-electron chi connectivity index (χ3n) is 4.72. The summed E-state index contributed by atoms with van der Waals surface area (Å²) in [6, 6.07) is 16.8. The van der Waals surface area contributed by atoms with Crippen molar-refractivity contribution in [3.05, 3.63) is 81.6 Å². The van der Waals surface area contributed by atoms with Crippen molar-refractivity contribution in [3.63, 3.8) is 0 Å². The van der Waals surface area contributed by atoms with Gasteiger partial charge in [-0.05, 0) is 66.8 Å². The summed E-state index contributed by atoms with van der Waals surface area (Å²) >= 11 is 1.30. The number of hydrogen-bond donors (Lipinski definition) is 1. The van der Waals surface area contributed by atoms with Crippen molar-refractivity contribution >= 4 is 23.4 Å². The number of rotatable bonds is 6. The zero-order valence-corrected chi connectivity index (χ0v) is 17.9. The molecule has 5 nitrogen and oxygen atoms in total. The summed E-state index contributed by atoms with van der Waals surface area (Å²) in [7, 11) is 0. The molecule has 1 aromatic heterocycles. The van der Waals surface area contributed by atoms with E-state index in [1.807, 2.05) is 56.3 Å². The lowest BCUT2D eigenvalue weighted by Crippen LogP contribution is -2.21. The molecule has 150 valence electrons. The lowest BCUT2D eigenvalue weighted by molar-refractivity contribution is -0.113. The summed E-state index contributed by atoms with van der Waals surface area (Å²) in [6.07, 6.45) is 0. The maximum atomic E-state index is 12.3. The molecule has 0 bridgehead atoms. The molecule has 3 rings (SSSR count). The summed E-state index contributed by atoms with van der Waals surface area (Å²) in [6.45, 7) is 8.29. The molecular formula is C23H25N3O2S. The van der Waals surface area contributed by atoms with Crippen LogP contribution in [-0.4, -0.2) is 21.4 Å². The Morgan fingerprint density at radius 2 is 1.76 bits per heavy atom. The number of nitrogens with one attached hydrogen (secondary N) is 1. The molecule has 0 atom stereocenters. The molecule has 0 radical (unpaired) electrons. The molecule has 0 saturated carbocycles. The van der Waals surface area contributed by atoms with E-state index in [9.17, 15) is 9.59 Å². The SMILES string of the molecule is Cc1ccc(-n2nc(SCC(=O)Nc3ccc(C(C)C)cc3)ccc2=O)cc1C. The molecule has 2 aromatic carbocycles. The number of anilines is 1. The molecule has 29 heavy (non-hydrogen) atoms. The number of carbonyl (C=O) groups excluding carboxylic acids is 1. The zero-order chi connectivity index (χ0) is 21.0. The highest BCUT2D eigenvalue weighted by molar-refractivity contribution is 7.99. The fourth-order valence-corrected chi connectivity index (χ4v) is 3.46. The Kier molecular flexibility index (Phi) is 6.54. The minimum absolute atomic E-state index is 0.113. The quantitative estimate of drug-likeness (QED) is 0.602. The first-order chi connectivity index (χ1) is 13.8. The van der Waals surface area contributed by atoms with Crippen LogP contribution in [0.1, 0.15) is 36.5 Å². The Balaban J connectivity index is 1.66. The first kappa shape index (κ1) is 20.9. The van der Waals surface area contributed by atoms with Gasteiger partial charge in [0.15, 0.2) is 0 Å². The molecule has 1 amide bonds. The summed E-state index contributed by atoms with van der Waals surface area (Å²) in [5.74, 6) is 0.553. The summed E-state index contributed by atoms with van der Waals surface area (Å²) in [5, 5.41) is 7.92. The van der Waals surface area contributed by atoms with E-state index < -0.39 is 0 Å². The van der Waals surface area contributed by atoms with E-state index in [0.29, 0.717) is 10.9 Å². The molecule has 0 spiro atoms. The molecule has 0 aliphatic rings. The standard InChI is InChI=1S/C23H25N3O2S/c1-15(2)18-6-8-19(9-7-18)24-21(27)14-29-22-11-12-23(28)26(25-22)20-10-5-16(3)17(4)13-20/h5-13,15H,14H2,1-4H3,(H,24,27). The molecule has 0 fully saturated rings. The Hall–Kier alpha value is -2.86. The fourth-order valence-electron chi connectivity index (χ4n) is 2.80. The molecule has 6 heteroatoms. The first-order valence-corrected chi connectivity index (χ1v) is 10.5. The van der Waals surface area contributed by atoms with Gasteiger partial charge in [-0.3, -0.25) is 9.59 Å². The third kappa shape index (κ3) is 5.35. The van der Waals surface area contributed by atoms with Gasteiger partial charge in [-0.15, -0.1) is 0 Å². The van der Waals surface area contributed by atoms with Gasteiger partial charge in [-0.1, -0.05) is 43.8 Å². The van der Waals surface area contributed by atoms with E-state index in [4.69, 9.17) is 0 Å². The average molecular weight is 408 g/mol. The smallest absolute Gasteiger partial charge is 0.271 e. The third-order valence-corrected chi connectivity index (χ3v) is 5.64. The van der Waals surface area contributed by atoms with Crippen LogP contribution in [0.4, 0.5) is 5.69 Å². The average Bonchev–Trinajstić information content (AvgIpc) is 2.70. The number of amides is 1. The number of aromatic nitrogens is 2. The number of benzene rings is 2. The molecule has 0 aliphatic carbocycles. The van der Waals surface area contributed by atoms with Crippen molar-refractivity contribution in [2.24, 2.45) is 0 Å². The predicted molar refractivity (Wildman–Crippen MR) is 119 cm³/mol. The lowest BCUT2D eigenvalue weighted by Gasteiger charge is -2.10. The van der Waals surface area contributed by atoms with Gasteiger partial charge < -0.3 is 5.32 Å². The Morgan fingerprint density at radius 3 is 2.41 bits per heavy atom. The van der Waals surface area contributed by atoms with E-state index in [2.05, 4.69) is 24.3 Å². The monoisotopic (exact) mass is 407 g/mol. The molecule has 1 N–H and O–H groups in total. The number of hydrogen-bond acceptors (Lipinski definition) is 4. The highest BCUT2D eigenvalue weighted by Gasteiger charge is 2.09. The second-order valence-corrected chi connectivity index (χ2v) is 8.30. The minimum atomic E-state index is -0.202. The van der Waals surface area contributed by atoms with Crippen LogP contribution < -0.4 is 10.9 Å². The fraction of sp³-hybridized carbons (Fsp3) is 0.261. The second-order valence-electron chi connectivity index (χ2n) is 7.30. The Morgan fingerprint density at radius 1 is 1.03 bits per heavy atom. The lowest BCUT2D eigenvalue weighted by atomic mass is 10.0. The zero-order valence-electron chi connectivity index (χ0n) is 17.1. The van der Waals surface area contributed by atoms with Crippen molar-refractivity contribution in [2.45, 2.75) is 38.6 Å². The van der Waals surface area contributed by atoms with Gasteiger partial charge in [-0.2, -0.15) is 9.78 Å². The van der Waals surface area contributed by atoms with E-state index >= 15 is 0 Å². The number of aryl methyl sites for hydroxylation is 2. The molecule has 0 aliphatic heterocycles. The van der Waals surface area contributed by atoms with Crippen molar-refractivity contribution in [1.82, 2.24) is 9.78 Å². The highest BCUT2D eigenvalue weighted by Crippen LogP contribution is 2.19. The normalized spacial score (nSPS) is 10.9. The van der Waals surface area contributed by atoms with Gasteiger partial charge in [-0.25, -0.2) is 0 Å². The van der Waals surface area contributed by atoms with Crippen molar-refractivity contribution in [3.8, 4) is 5.69 Å². The van der Waals surface area contributed by atoms with Crippen LogP contribution in [-0.2, 0) is 4.79 Å². The minimum Gasteiger partial charge on any atom is -0.325 e. The molecule has 0 saturated heterocycles. The molecule has 0 unspecified atom stereocenters. The Labute approximate surface area is 175 Å². The topological polar surface area (TPSA) is 64.0 Å². The molecule has 3 aromatic rings. The van der Waals surface area contributed by atoms with Gasteiger partial charge in [0.1, 0.15) is 5.03 Å². The second kappa shape index (κ2) is 9.09. The number of thioether (sulfide) groups is 1.